The van der Waals surface area contributed by atoms with Crippen molar-refractivity contribution in [2.24, 2.45) is 5.92 Å². The van der Waals surface area contributed by atoms with Crippen LogP contribution in [0.2, 0.25) is 0 Å². The molecule has 0 unspecified atom stereocenters. The van der Waals surface area contributed by atoms with Crippen molar-refractivity contribution < 1.29 is 0 Å². The number of nitrogens with one attached hydrogen (secondary N) is 1. The Labute approximate surface area is 123 Å². The van der Waals surface area contributed by atoms with Crippen LogP contribution in [0.1, 0.15) is 75.5 Å². The summed E-state index contributed by atoms with van der Waals surface area (Å²) in [4.78, 5) is 9.50. The summed E-state index contributed by atoms with van der Waals surface area (Å²) < 4.78 is 0. The van der Waals surface area contributed by atoms with Crippen molar-refractivity contribution in [1.82, 2.24) is 15.3 Å². The van der Waals surface area contributed by atoms with Gasteiger partial charge in [0.2, 0.25) is 0 Å². The Balaban J connectivity index is 2.00. The first-order valence-electron chi connectivity index (χ1n) is 8.28. The zero-order valence-electron chi connectivity index (χ0n) is 13.3. The molecule has 1 aromatic heterocycles. The number of nitrogens with zero attached hydrogens (tertiary/aromatic N) is 2. The van der Waals surface area contributed by atoms with Gasteiger partial charge < -0.3 is 5.32 Å². The summed E-state index contributed by atoms with van der Waals surface area (Å²) in [5.41, 5.74) is 2.26. The van der Waals surface area contributed by atoms with Crippen molar-refractivity contribution in [2.45, 2.75) is 71.8 Å². The molecule has 0 aromatic carbocycles. The minimum atomic E-state index is 0.586. The molecule has 3 heteroatoms. The maximum absolute atomic E-state index is 4.81. The molecule has 0 aliphatic heterocycles. The van der Waals surface area contributed by atoms with Crippen LogP contribution in [0.3, 0.4) is 0 Å². The highest BCUT2D eigenvalue weighted by Gasteiger charge is 2.23. The fourth-order valence-corrected chi connectivity index (χ4v) is 3.15. The van der Waals surface area contributed by atoms with Crippen molar-refractivity contribution in [3.8, 4) is 0 Å². The lowest BCUT2D eigenvalue weighted by Crippen LogP contribution is -2.19. The minimum absolute atomic E-state index is 0.586. The highest BCUT2D eigenvalue weighted by Crippen LogP contribution is 2.35. The normalized spacial score (nSPS) is 22.9. The van der Waals surface area contributed by atoms with Crippen LogP contribution in [-0.2, 0) is 6.54 Å². The van der Waals surface area contributed by atoms with Crippen LogP contribution in [0.4, 0.5) is 0 Å². The molecule has 1 saturated carbocycles. The first kappa shape index (κ1) is 15.4. The molecule has 1 aliphatic rings. The number of hydrogen-bond acceptors (Lipinski definition) is 3. The number of rotatable bonds is 6. The Morgan fingerprint density at radius 3 is 2.55 bits per heavy atom. The maximum Gasteiger partial charge on any atom is 0.131 e. The van der Waals surface area contributed by atoms with E-state index in [2.05, 4.69) is 32.2 Å². The third-order valence-corrected chi connectivity index (χ3v) is 4.45. The van der Waals surface area contributed by atoms with E-state index in [0.717, 1.165) is 42.6 Å². The Bertz CT molecular complexity index is 409. The van der Waals surface area contributed by atoms with Crippen LogP contribution in [-0.4, -0.2) is 16.5 Å². The third-order valence-electron chi connectivity index (χ3n) is 4.45. The highest BCUT2D eigenvalue weighted by atomic mass is 14.9. The second-order valence-electron chi connectivity index (χ2n) is 6.16. The van der Waals surface area contributed by atoms with Gasteiger partial charge in [-0.25, -0.2) is 9.97 Å². The van der Waals surface area contributed by atoms with E-state index >= 15 is 0 Å². The SMILES string of the molecule is CCCNCc1cc(C)nc(C2CCC(CC)CC2)n1. The van der Waals surface area contributed by atoms with Gasteiger partial charge in [-0.05, 0) is 57.6 Å². The fourth-order valence-electron chi connectivity index (χ4n) is 3.15. The van der Waals surface area contributed by atoms with Gasteiger partial charge in [-0.15, -0.1) is 0 Å². The second kappa shape index (κ2) is 7.72. The lowest BCUT2D eigenvalue weighted by molar-refractivity contribution is 0.311. The van der Waals surface area contributed by atoms with Crippen molar-refractivity contribution in [3.05, 3.63) is 23.3 Å². The molecule has 0 radical (unpaired) electrons. The van der Waals surface area contributed by atoms with Gasteiger partial charge in [0, 0.05) is 18.2 Å². The first-order valence-corrected chi connectivity index (χ1v) is 8.28. The number of aryl methyl sites for hydroxylation is 1. The third kappa shape index (κ3) is 4.27. The molecule has 1 fully saturated rings. The molecule has 0 bridgehead atoms. The van der Waals surface area contributed by atoms with Crippen molar-refractivity contribution >= 4 is 0 Å². The molecule has 1 heterocycles. The van der Waals surface area contributed by atoms with Crippen molar-refractivity contribution in [2.75, 3.05) is 6.54 Å². The molecule has 0 atom stereocenters. The lowest BCUT2D eigenvalue weighted by atomic mass is 9.80. The smallest absolute Gasteiger partial charge is 0.131 e. The van der Waals surface area contributed by atoms with Crippen LogP contribution in [0.15, 0.2) is 6.07 Å². The van der Waals surface area contributed by atoms with Gasteiger partial charge >= 0.3 is 0 Å². The predicted molar refractivity (Wildman–Crippen MR) is 83.8 cm³/mol. The quantitative estimate of drug-likeness (QED) is 0.798. The Hall–Kier alpha value is -0.960. The van der Waals surface area contributed by atoms with Gasteiger partial charge in [0.25, 0.3) is 0 Å². The summed E-state index contributed by atoms with van der Waals surface area (Å²) in [5.74, 6) is 2.61. The number of aromatic nitrogens is 2. The molecule has 1 aromatic rings. The zero-order valence-corrected chi connectivity index (χ0v) is 13.3. The average Bonchev–Trinajstić information content (AvgIpc) is 2.47. The molecule has 112 valence electrons. The molecule has 1 N–H and O–H groups in total. The monoisotopic (exact) mass is 275 g/mol. The average molecular weight is 275 g/mol. The van der Waals surface area contributed by atoms with Gasteiger partial charge in [-0.3, -0.25) is 0 Å². The molecule has 0 amide bonds. The van der Waals surface area contributed by atoms with Gasteiger partial charge in [0.05, 0.1) is 5.69 Å². The summed E-state index contributed by atoms with van der Waals surface area (Å²) in [6, 6.07) is 2.11. The van der Waals surface area contributed by atoms with E-state index in [-0.39, 0.29) is 0 Å². The molecular weight excluding hydrogens is 246 g/mol. The number of hydrogen-bond donors (Lipinski definition) is 1. The summed E-state index contributed by atoms with van der Waals surface area (Å²) in [6.07, 6.45) is 7.73. The standard InChI is InChI=1S/C17H29N3/c1-4-10-18-12-16-11-13(3)19-17(20-16)15-8-6-14(5-2)7-9-15/h11,14-15,18H,4-10,12H2,1-3H3. The topological polar surface area (TPSA) is 37.8 Å². The van der Waals surface area contributed by atoms with Crippen LogP contribution < -0.4 is 5.32 Å². The molecule has 0 saturated heterocycles. The molecule has 0 spiro atoms. The summed E-state index contributed by atoms with van der Waals surface area (Å²) >= 11 is 0. The van der Waals surface area contributed by atoms with Gasteiger partial charge in [-0.1, -0.05) is 20.3 Å². The van der Waals surface area contributed by atoms with Crippen molar-refractivity contribution in [3.63, 3.8) is 0 Å². The molecule has 3 nitrogen and oxygen atoms in total. The summed E-state index contributed by atoms with van der Waals surface area (Å²) in [5, 5.41) is 3.43. The molecule has 1 aliphatic carbocycles. The van der Waals surface area contributed by atoms with Crippen molar-refractivity contribution in [1.29, 1.82) is 0 Å². The largest absolute Gasteiger partial charge is 0.311 e. The fraction of sp³-hybridized carbons (Fsp3) is 0.765. The molecular formula is C17H29N3. The highest BCUT2D eigenvalue weighted by molar-refractivity contribution is 5.12. The van der Waals surface area contributed by atoms with Crippen LogP contribution in [0.25, 0.3) is 0 Å². The molecule has 20 heavy (non-hydrogen) atoms. The van der Waals surface area contributed by atoms with Crippen LogP contribution >= 0.6 is 0 Å². The van der Waals surface area contributed by atoms with E-state index in [1.54, 1.807) is 0 Å². The maximum atomic E-state index is 4.81. The van der Waals surface area contributed by atoms with E-state index in [1.807, 2.05) is 0 Å². The van der Waals surface area contributed by atoms with Gasteiger partial charge in [-0.2, -0.15) is 0 Å². The van der Waals surface area contributed by atoms with Gasteiger partial charge in [0.15, 0.2) is 0 Å². The minimum Gasteiger partial charge on any atom is -0.311 e. The van der Waals surface area contributed by atoms with Crippen LogP contribution in [0, 0.1) is 12.8 Å². The second-order valence-corrected chi connectivity index (χ2v) is 6.16. The van der Waals surface area contributed by atoms with E-state index in [0.29, 0.717) is 5.92 Å². The van der Waals surface area contributed by atoms with E-state index in [9.17, 15) is 0 Å². The summed E-state index contributed by atoms with van der Waals surface area (Å²) in [6.45, 7) is 8.52. The van der Waals surface area contributed by atoms with E-state index in [4.69, 9.17) is 9.97 Å². The van der Waals surface area contributed by atoms with Gasteiger partial charge in [0.1, 0.15) is 5.82 Å². The lowest BCUT2D eigenvalue weighted by Gasteiger charge is -2.27. The van der Waals surface area contributed by atoms with E-state index in [1.165, 1.54) is 32.1 Å². The van der Waals surface area contributed by atoms with E-state index < -0.39 is 0 Å². The zero-order chi connectivity index (χ0) is 14.4. The van der Waals surface area contributed by atoms with Crippen LogP contribution in [0.5, 0.6) is 0 Å². The first-order chi connectivity index (χ1) is 9.72. The summed E-state index contributed by atoms with van der Waals surface area (Å²) in [7, 11) is 0. The Morgan fingerprint density at radius 2 is 1.90 bits per heavy atom. The predicted octanol–water partition coefficient (Wildman–Crippen LogP) is 3.97. The molecule has 2 rings (SSSR count). The Morgan fingerprint density at radius 1 is 1.15 bits per heavy atom. The Kier molecular flexibility index (Phi) is 5.96.